The van der Waals surface area contributed by atoms with Crippen LogP contribution in [0.1, 0.15) is 78.6 Å². The van der Waals surface area contributed by atoms with E-state index in [4.69, 9.17) is 5.11 Å². The van der Waals surface area contributed by atoms with Crippen molar-refractivity contribution in [2.24, 2.45) is 46.3 Å². The molecule has 4 saturated carbocycles. The van der Waals surface area contributed by atoms with Gasteiger partial charge in [-0.15, -0.1) is 0 Å². The molecule has 4 aliphatic carbocycles. The predicted molar refractivity (Wildman–Crippen MR) is 130 cm³/mol. The van der Waals surface area contributed by atoms with E-state index in [-0.39, 0.29) is 116 Å². The first kappa shape index (κ1) is 29.0. The van der Waals surface area contributed by atoms with E-state index in [0.717, 1.165) is 38.5 Å². The van der Waals surface area contributed by atoms with Crippen LogP contribution in [0, 0.1) is 46.3 Å². The van der Waals surface area contributed by atoms with Crippen LogP contribution in [0.25, 0.3) is 0 Å². The van der Waals surface area contributed by atoms with Crippen molar-refractivity contribution in [1.29, 1.82) is 0 Å². The fraction of sp³-hybridized carbons (Fsp3) is 0.923. The van der Waals surface area contributed by atoms with Gasteiger partial charge >= 0.3 is 57.4 Å². The molecule has 190 valence electrons. The molecule has 4 fully saturated rings. The van der Waals surface area contributed by atoms with Crippen LogP contribution < -0.4 is 5.32 Å². The fourth-order valence-corrected chi connectivity index (χ4v) is 8.95. The van der Waals surface area contributed by atoms with E-state index < -0.39 is 12.1 Å². The van der Waals surface area contributed by atoms with E-state index >= 15 is 0 Å². The van der Waals surface area contributed by atoms with Crippen molar-refractivity contribution in [2.75, 3.05) is 6.54 Å². The third-order valence-electron chi connectivity index (χ3n) is 10.8. The number of carbonyl (C=O) groups is 2. The van der Waals surface area contributed by atoms with Gasteiger partial charge in [0.25, 0.3) is 0 Å². The van der Waals surface area contributed by atoms with E-state index in [1.165, 1.54) is 0 Å². The van der Waals surface area contributed by atoms with Gasteiger partial charge in [-0.1, -0.05) is 20.8 Å². The Kier molecular flexibility index (Phi) is 9.44. The molecule has 0 aliphatic heterocycles. The van der Waals surface area contributed by atoms with Gasteiger partial charge < -0.3 is 25.7 Å². The molecular formula is C26H44KNO6. The summed E-state index contributed by atoms with van der Waals surface area (Å²) < 4.78 is 0. The van der Waals surface area contributed by atoms with Gasteiger partial charge in [-0.2, -0.15) is 0 Å². The number of nitrogens with one attached hydrogen (secondary N) is 1. The maximum atomic E-state index is 12.0. The van der Waals surface area contributed by atoms with Gasteiger partial charge in [0.2, 0.25) is 5.91 Å². The summed E-state index contributed by atoms with van der Waals surface area (Å²) in [6.45, 7) is 6.35. The van der Waals surface area contributed by atoms with E-state index in [9.17, 15) is 24.9 Å². The number of carboxylic acids is 1. The molecule has 0 unspecified atom stereocenters. The maximum absolute atomic E-state index is 12.0. The molecule has 4 aliphatic rings. The Balaban J connectivity index is 0.00000324. The van der Waals surface area contributed by atoms with Crippen LogP contribution in [0.4, 0.5) is 0 Å². The summed E-state index contributed by atoms with van der Waals surface area (Å²) in [5.74, 6) is 0.265. The Labute approximate surface area is 246 Å². The summed E-state index contributed by atoms with van der Waals surface area (Å²) in [4.78, 5) is 22.7. The number of hydrogen-bond acceptors (Lipinski definition) is 5. The topological polar surface area (TPSA) is 127 Å². The van der Waals surface area contributed by atoms with Crippen LogP contribution in [0.2, 0.25) is 0 Å². The van der Waals surface area contributed by atoms with Gasteiger partial charge in [-0.3, -0.25) is 9.59 Å². The fourth-order valence-electron chi connectivity index (χ4n) is 8.95. The van der Waals surface area contributed by atoms with Crippen LogP contribution in [0.3, 0.4) is 0 Å². The van der Waals surface area contributed by atoms with Crippen LogP contribution in [-0.4, -0.2) is 109 Å². The molecule has 8 heteroatoms. The average molecular weight is 506 g/mol. The molecule has 0 aromatic carbocycles. The summed E-state index contributed by atoms with van der Waals surface area (Å²) in [5, 5.41) is 44.4. The standard InChI is InChI=1S/C26H43NO6.K.H/c1-14(4-7-22(31)27-13-23(32)33)17-5-6-18-24-19(12-21(30)26(17,18)3)25(2)9-8-16(28)10-15(25)11-20(24)29;;/h14-21,24,28-30H,4-13H2,1-3H3,(H,27,31)(H,32,33);;/t14-,15+,16-,17-,18+,19+,20-,21+,24+,25+,26-;;/m1../s1. The number of carboxylic acid groups (broad SMARTS) is 1. The molecule has 0 bridgehead atoms. The molecule has 4 rings (SSSR count). The molecule has 11 atom stereocenters. The van der Waals surface area contributed by atoms with Gasteiger partial charge in [0.05, 0.1) is 18.3 Å². The predicted octanol–water partition coefficient (Wildman–Crippen LogP) is 1.92. The van der Waals surface area contributed by atoms with Crippen molar-refractivity contribution in [3.63, 3.8) is 0 Å². The van der Waals surface area contributed by atoms with Crippen LogP contribution in [-0.2, 0) is 9.59 Å². The molecule has 0 radical (unpaired) electrons. The number of amides is 1. The molecular weight excluding hydrogens is 461 g/mol. The Bertz CT molecular complexity index is 766. The van der Waals surface area contributed by atoms with Crippen LogP contribution >= 0.6 is 0 Å². The first-order valence-corrected chi connectivity index (χ1v) is 13.0. The minimum atomic E-state index is -1.04. The van der Waals surface area contributed by atoms with Gasteiger partial charge in [-0.25, -0.2) is 0 Å². The monoisotopic (exact) mass is 505 g/mol. The number of carbonyl (C=O) groups excluding carboxylic acids is 1. The zero-order valence-electron chi connectivity index (χ0n) is 20.4. The van der Waals surface area contributed by atoms with Crippen molar-refractivity contribution < 1.29 is 30.0 Å². The molecule has 0 saturated heterocycles. The normalized spacial score (nSPS) is 46.3. The van der Waals surface area contributed by atoms with Crippen molar-refractivity contribution in [3.8, 4) is 0 Å². The SMILES string of the molecule is C[C@H](CCC(=O)NCC(=O)O)[C@H]1CC[C@H]2[C@@H]3[C@H](O)C[C@@H]4C[C@H](O)CC[C@]4(C)[C@H]3C[C@H](O)[C@]12C.[KH]. The zero-order chi connectivity index (χ0) is 24.1. The second-order valence-corrected chi connectivity index (χ2v) is 12.2. The Morgan fingerprint density at radius 2 is 1.74 bits per heavy atom. The number of aliphatic hydroxyl groups is 3. The second-order valence-electron chi connectivity index (χ2n) is 12.2. The summed E-state index contributed by atoms with van der Waals surface area (Å²) in [6, 6.07) is 0. The van der Waals surface area contributed by atoms with Gasteiger partial charge in [0.1, 0.15) is 6.54 Å². The average Bonchev–Trinajstić information content (AvgIpc) is 3.11. The summed E-state index contributed by atoms with van der Waals surface area (Å²) >= 11 is 0. The summed E-state index contributed by atoms with van der Waals surface area (Å²) in [6.07, 6.45) is 5.86. The number of aliphatic carboxylic acids is 1. The van der Waals surface area contributed by atoms with E-state index in [2.05, 4.69) is 26.1 Å². The first-order valence-electron chi connectivity index (χ1n) is 13.0. The summed E-state index contributed by atoms with van der Waals surface area (Å²) in [5.41, 5.74) is -0.214. The van der Waals surface area contributed by atoms with E-state index in [1.54, 1.807) is 0 Å². The number of rotatable bonds is 6. The summed E-state index contributed by atoms with van der Waals surface area (Å²) in [7, 11) is 0. The zero-order valence-corrected chi connectivity index (χ0v) is 20.4. The molecule has 1 amide bonds. The van der Waals surface area contributed by atoms with Gasteiger partial charge in [0.15, 0.2) is 0 Å². The minimum absolute atomic E-state index is 0. The number of fused-ring (bicyclic) bond motifs is 5. The van der Waals surface area contributed by atoms with Crippen molar-refractivity contribution in [1.82, 2.24) is 5.32 Å². The van der Waals surface area contributed by atoms with E-state index in [1.807, 2.05) is 0 Å². The second kappa shape index (κ2) is 11.1. The third kappa shape index (κ3) is 5.09. The Hall–Kier alpha value is 0.456. The number of hydrogen-bond donors (Lipinski definition) is 5. The quantitative estimate of drug-likeness (QED) is 0.351. The number of aliphatic hydroxyl groups excluding tert-OH is 3. The molecule has 7 nitrogen and oxygen atoms in total. The van der Waals surface area contributed by atoms with Crippen LogP contribution in [0.15, 0.2) is 0 Å². The van der Waals surface area contributed by atoms with Crippen molar-refractivity contribution in [2.45, 2.75) is 96.9 Å². The molecule has 0 heterocycles. The molecule has 0 aromatic rings. The van der Waals surface area contributed by atoms with Crippen LogP contribution in [0.5, 0.6) is 0 Å². The molecule has 5 N–H and O–H groups in total. The third-order valence-corrected chi connectivity index (χ3v) is 10.8. The van der Waals surface area contributed by atoms with Gasteiger partial charge in [0, 0.05) is 6.42 Å². The molecule has 34 heavy (non-hydrogen) atoms. The van der Waals surface area contributed by atoms with Gasteiger partial charge in [-0.05, 0) is 97.7 Å². The van der Waals surface area contributed by atoms with E-state index in [0.29, 0.717) is 25.2 Å². The Morgan fingerprint density at radius 3 is 2.41 bits per heavy atom. The molecule has 0 spiro atoms. The first-order chi connectivity index (χ1) is 15.5. The van der Waals surface area contributed by atoms with Crippen molar-refractivity contribution >= 4 is 63.3 Å². The Morgan fingerprint density at radius 1 is 1.03 bits per heavy atom. The molecule has 0 aromatic heterocycles. The van der Waals surface area contributed by atoms with Crippen molar-refractivity contribution in [3.05, 3.63) is 0 Å².